The smallest absolute Gasteiger partial charge is 0.339 e. The number of aryl methyl sites for hydroxylation is 1. The second-order valence-corrected chi connectivity index (χ2v) is 7.26. The summed E-state index contributed by atoms with van der Waals surface area (Å²) in [6.07, 6.45) is 0.833. The number of sulfone groups is 1. The van der Waals surface area contributed by atoms with E-state index in [4.69, 9.17) is 9.84 Å². The van der Waals surface area contributed by atoms with E-state index in [1.807, 2.05) is 6.92 Å². The van der Waals surface area contributed by atoms with Gasteiger partial charge in [0.25, 0.3) is 0 Å². The SMILES string of the molecule is CCc1ccc(S(=O)(=O)CCOc2ccc(C(=O)O)c(O)c2)cc1. The Balaban J connectivity index is 2.00. The number of rotatable bonds is 7. The normalized spacial score (nSPS) is 11.2. The van der Waals surface area contributed by atoms with Gasteiger partial charge in [0.1, 0.15) is 23.7 Å². The van der Waals surface area contributed by atoms with Crippen LogP contribution in [0.5, 0.6) is 11.5 Å². The van der Waals surface area contributed by atoms with Crippen molar-refractivity contribution in [2.24, 2.45) is 0 Å². The van der Waals surface area contributed by atoms with Crippen LogP contribution in [-0.2, 0) is 16.3 Å². The number of carboxylic acid groups (broad SMARTS) is 1. The average Bonchev–Trinajstić information content (AvgIpc) is 2.54. The number of aromatic carboxylic acids is 1. The van der Waals surface area contributed by atoms with Gasteiger partial charge in [-0.3, -0.25) is 0 Å². The predicted molar refractivity (Wildman–Crippen MR) is 88.4 cm³/mol. The molecule has 0 unspecified atom stereocenters. The van der Waals surface area contributed by atoms with Crippen LogP contribution >= 0.6 is 0 Å². The Morgan fingerprint density at radius 3 is 2.33 bits per heavy atom. The van der Waals surface area contributed by atoms with Gasteiger partial charge in [0.05, 0.1) is 10.6 Å². The maximum absolute atomic E-state index is 12.2. The molecule has 0 aliphatic carbocycles. The van der Waals surface area contributed by atoms with Crippen molar-refractivity contribution in [1.29, 1.82) is 0 Å². The molecule has 6 nitrogen and oxygen atoms in total. The minimum absolute atomic E-state index is 0.107. The summed E-state index contributed by atoms with van der Waals surface area (Å²) in [5, 5.41) is 18.4. The van der Waals surface area contributed by atoms with Gasteiger partial charge in [0, 0.05) is 6.07 Å². The number of phenols is 1. The molecule has 2 aromatic carbocycles. The molecule has 0 aliphatic heterocycles. The Morgan fingerprint density at radius 2 is 1.79 bits per heavy atom. The zero-order valence-corrected chi connectivity index (χ0v) is 13.9. The molecular weight excluding hydrogens is 332 g/mol. The summed E-state index contributed by atoms with van der Waals surface area (Å²) in [6, 6.07) is 10.4. The third-order valence-corrected chi connectivity index (χ3v) is 5.21. The van der Waals surface area contributed by atoms with E-state index in [0.717, 1.165) is 18.1 Å². The lowest BCUT2D eigenvalue weighted by Crippen LogP contribution is -2.14. The molecule has 2 N–H and O–H groups in total. The van der Waals surface area contributed by atoms with Gasteiger partial charge in [-0.25, -0.2) is 13.2 Å². The van der Waals surface area contributed by atoms with Crippen molar-refractivity contribution in [1.82, 2.24) is 0 Å². The zero-order valence-electron chi connectivity index (χ0n) is 13.1. The number of carboxylic acids is 1. The first kappa shape index (κ1) is 17.8. The molecule has 24 heavy (non-hydrogen) atoms. The number of aromatic hydroxyl groups is 1. The number of hydrogen-bond acceptors (Lipinski definition) is 5. The van der Waals surface area contributed by atoms with Crippen LogP contribution in [0.2, 0.25) is 0 Å². The molecular formula is C17H18O6S. The Bertz CT molecular complexity index is 825. The fraction of sp³-hybridized carbons (Fsp3) is 0.235. The largest absolute Gasteiger partial charge is 0.507 e. The van der Waals surface area contributed by atoms with Gasteiger partial charge in [-0.1, -0.05) is 19.1 Å². The Hall–Kier alpha value is -2.54. The number of carbonyl (C=O) groups is 1. The number of benzene rings is 2. The van der Waals surface area contributed by atoms with Gasteiger partial charge in [-0.15, -0.1) is 0 Å². The number of ether oxygens (including phenoxy) is 1. The Kier molecular flexibility index (Phi) is 5.46. The lowest BCUT2D eigenvalue weighted by atomic mass is 10.2. The molecule has 0 amide bonds. The summed E-state index contributed by atoms with van der Waals surface area (Å²) < 4.78 is 29.7. The summed E-state index contributed by atoms with van der Waals surface area (Å²) in [5.74, 6) is -1.70. The highest BCUT2D eigenvalue weighted by Crippen LogP contribution is 2.23. The molecule has 0 atom stereocenters. The first-order valence-corrected chi connectivity index (χ1v) is 8.99. The highest BCUT2D eigenvalue weighted by molar-refractivity contribution is 7.91. The van der Waals surface area contributed by atoms with Crippen LogP contribution in [0, 0.1) is 0 Å². The first-order chi connectivity index (χ1) is 11.3. The molecule has 0 aromatic heterocycles. The van der Waals surface area contributed by atoms with E-state index >= 15 is 0 Å². The van der Waals surface area contributed by atoms with Crippen molar-refractivity contribution in [3.05, 3.63) is 53.6 Å². The molecule has 0 spiro atoms. The molecule has 0 heterocycles. The minimum atomic E-state index is -3.47. The molecule has 2 rings (SSSR count). The summed E-state index contributed by atoms with van der Waals surface area (Å²) in [4.78, 5) is 11.0. The van der Waals surface area contributed by atoms with Crippen LogP contribution < -0.4 is 4.74 Å². The lowest BCUT2D eigenvalue weighted by molar-refractivity contribution is 0.0693. The van der Waals surface area contributed by atoms with Gasteiger partial charge in [-0.2, -0.15) is 0 Å². The number of hydrogen-bond donors (Lipinski definition) is 2. The highest BCUT2D eigenvalue weighted by atomic mass is 32.2. The maximum Gasteiger partial charge on any atom is 0.339 e. The van der Waals surface area contributed by atoms with Crippen LogP contribution in [0.4, 0.5) is 0 Å². The fourth-order valence-electron chi connectivity index (χ4n) is 2.10. The monoisotopic (exact) mass is 350 g/mol. The second kappa shape index (κ2) is 7.35. The van der Waals surface area contributed by atoms with Crippen molar-refractivity contribution in [3.8, 4) is 11.5 Å². The molecule has 0 fully saturated rings. The van der Waals surface area contributed by atoms with Crippen LogP contribution in [0.15, 0.2) is 47.4 Å². The quantitative estimate of drug-likeness (QED) is 0.796. The molecule has 7 heteroatoms. The second-order valence-electron chi connectivity index (χ2n) is 5.15. The fourth-order valence-corrected chi connectivity index (χ4v) is 3.19. The molecule has 0 saturated heterocycles. The maximum atomic E-state index is 12.2. The average molecular weight is 350 g/mol. The van der Waals surface area contributed by atoms with E-state index < -0.39 is 21.6 Å². The zero-order chi connectivity index (χ0) is 17.7. The minimum Gasteiger partial charge on any atom is -0.507 e. The molecule has 0 aliphatic rings. The van der Waals surface area contributed by atoms with Gasteiger partial charge in [0.2, 0.25) is 0 Å². The van der Waals surface area contributed by atoms with Crippen molar-refractivity contribution in [3.63, 3.8) is 0 Å². The van der Waals surface area contributed by atoms with Gasteiger partial charge in [-0.05, 0) is 36.2 Å². The standard InChI is InChI=1S/C17H18O6S/c1-2-12-3-6-14(7-4-12)24(21,22)10-9-23-13-5-8-15(17(19)20)16(18)11-13/h3-8,11,18H,2,9-10H2,1H3,(H,19,20). The van der Waals surface area contributed by atoms with E-state index in [1.165, 1.54) is 12.1 Å². The third kappa shape index (κ3) is 4.26. The summed E-state index contributed by atoms with van der Waals surface area (Å²) in [5.41, 5.74) is 0.810. The van der Waals surface area contributed by atoms with Crippen LogP contribution in [0.1, 0.15) is 22.8 Å². The topological polar surface area (TPSA) is 101 Å². The van der Waals surface area contributed by atoms with Gasteiger partial charge < -0.3 is 14.9 Å². The van der Waals surface area contributed by atoms with E-state index in [0.29, 0.717) is 0 Å². The van der Waals surface area contributed by atoms with Gasteiger partial charge >= 0.3 is 5.97 Å². The van der Waals surface area contributed by atoms with E-state index in [1.54, 1.807) is 24.3 Å². The van der Waals surface area contributed by atoms with Crippen molar-refractivity contribution in [2.75, 3.05) is 12.4 Å². The van der Waals surface area contributed by atoms with Crippen molar-refractivity contribution < 1.29 is 28.2 Å². The van der Waals surface area contributed by atoms with Crippen LogP contribution in [0.25, 0.3) is 0 Å². The van der Waals surface area contributed by atoms with Gasteiger partial charge in [0.15, 0.2) is 9.84 Å². The predicted octanol–water partition coefficient (Wildman–Crippen LogP) is 2.51. The van der Waals surface area contributed by atoms with Crippen LogP contribution in [0.3, 0.4) is 0 Å². The highest BCUT2D eigenvalue weighted by Gasteiger charge is 2.15. The molecule has 2 aromatic rings. The van der Waals surface area contributed by atoms with Crippen molar-refractivity contribution >= 4 is 15.8 Å². The molecule has 0 bridgehead atoms. The molecule has 0 saturated carbocycles. The van der Waals surface area contributed by atoms with E-state index in [2.05, 4.69) is 0 Å². The van der Waals surface area contributed by atoms with E-state index in [9.17, 15) is 18.3 Å². The van der Waals surface area contributed by atoms with Crippen LogP contribution in [-0.4, -0.2) is 37.0 Å². The Morgan fingerprint density at radius 1 is 1.12 bits per heavy atom. The van der Waals surface area contributed by atoms with Crippen molar-refractivity contribution in [2.45, 2.75) is 18.2 Å². The molecule has 0 radical (unpaired) electrons. The lowest BCUT2D eigenvalue weighted by Gasteiger charge is -2.09. The summed E-state index contributed by atoms with van der Waals surface area (Å²) in [6.45, 7) is 1.88. The van der Waals surface area contributed by atoms with E-state index in [-0.39, 0.29) is 28.6 Å². The molecule has 128 valence electrons. The summed E-state index contributed by atoms with van der Waals surface area (Å²) in [7, 11) is -3.47. The summed E-state index contributed by atoms with van der Waals surface area (Å²) >= 11 is 0. The Labute approximate surface area is 140 Å². The first-order valence-electron chi connectivity index (χ1n) is 7.34. The third-order valence-electron chi connectivity index (χ3n) is 3.51.